The zero-order chi connectivity index (χ0) is 10.8. The number of fused-ring (bicyclic) bond motifs is 1. The first kappa shape index (κ1) is 9.39. The van der Waals surface area contributed by atoms with Crippen LogP contribution in [-0.4, -0.2) is 23.3 Å². The average molecular weight is 203 g/mol. The van der Waals surface area contributed by atoms with Gasteiger partial charge < -0.3 is 10.5 Å². The minimum absolute atomic E-state index is 0.176. The first-order chi connectivity index (χ1) is 7.20. The number of carbonyl (C=O) groups is 1. The molecule has 5 heteroatoms. The topological polar surface area (TPSA) is 78.1 Å². The Bertz CT molecular complexity index is 525. The maximum Gasteiger partial charge on any atom is 0.358 e. The lowest BCUT2D eigenvalue weighted by Crippen LogP contribution is -2.05. The Morgan fingerprint density at radius 3 is 2.87 bits per heavy atom. The van der Waals surface area contributed by atoms with Crippen molar-refractivity contribution in [2.45, 2.75) is 0 Å². The van der Waals surface area contributed by atoms with Gasteiger partial charge in [-0.15, -0.1) is 10.2 Å². The van der Waals surface area contributed by atoms with Crippen LogP contribution in [0.5, 0.6) is 0 Å². The normalized spacial score (nSPS) is 10.2. The van der Waals surface area contributed by atoms with E-state index in [0.29, 0.717) is 11.2 Å². The van der Waals surface area contributed by atoms with Crippen molar-refractivity contribution in [3.8, 4) is 0 Å². The number of nitrogen functional groups attached to an aromatic ring is 1. The van der Waals surface area contributed by atoms with Crippen molar-refractivity contribution in [1.29, 1.82) is 0 Å². The Morgan fingerprint density at radius 2 is 2.13 bits per heavy atom. The van der Waals surface area contributed by atoms with Crippen LogP contribution >= 0.6 is 0 Å². The number of anilines is 1. The molecule has 2 N–H and O–H groups in total. The third-order valence-electron chi connectivity index (χ3n) is 2.00. The number of methoxy groups -OCH3 is 1. The van der Waals surface area contributed by atoms with Gasteiger partial charge in [0, 0.05) is 11.1 Å². The van der Waals surface area contributed by atoms with E-state index in [9.17, 15) is 4.79 Å². The van der Waals surface area contributed by atoms with Crippen LogP contribution in [-0.2, 0) is 4.74 Å². The Labute approximate surface area is 85.9 Å². The van der Waals surface area contributed by atoms with E-state index in [0.717, 1.165) is 5.39 Å². The summed E-state index contributed by atoms with van der Waals surface area (Å²) in [5, 5.41) is 8.40. The van der Waals surface area contributed by atoms with Gasteiger partial charge in [-0.3, -0.25) is 0 Å². The van der Waals surface area contributed by atoms with E-state index >= 15 is 0 Å². The fourth-order valence-electron chi connectivity index (χ4n) is 1.27. The lowest BCUT2D eigenvalue weighted by atomic mass is 10.2. The van der Waals surface area contributed by atoms with Crippen molar-refractivity contribution in [3.05, 3.63) is 30.0 Å². The molecule has 0 radical (unpaired) electrons. The molecule has 0 unspecified atom stereocenters. The van der Waals surface area contributed by atoms with Gasteiger partial charge in [0.05, 0.1) is 12.6 Å². The van der Waals surface area contributed by atoms with Gasteiger partial charge in [-0.2, -0.15) is 0 Å². The molecule has 0 atom stereocenters. The molecule has 76 valence electrons. The van der Waals surface area contributed by atoms with E-state index in [1.165, 1.54) is 7.11 Å². The maximum absolute atomic E-state index is 11.2. The number of hydrogen-bond acceptors (Lipinski definition) is 5. The molecule has 5 nitrogen and oxygen atoms in total. The van der Waals surface area contributed by atoms with Gasteiger partial charge >= 0.3 is 5.97 Å². The number of nitrogens with zero attached hydrogens (tertiary/aromatic N) is 2. The maximum atomic E-state index is 11.2. The van der Waals surface area contributed by atoms with Crippen molar-refractivity contribution >= 4 is 22.6 Å². The van der Waals surface area contributed by atoms with Crippen LogP contribution in [0.25, 0.3) is 10.9 Å². The molecule has 1 heterocycles. The molecule has 0 aliphatic rings. The molecule has 0 spiro atoms. The molecular formula is C10H9N3O2. The summed E-state index contributed by atoms with van der Waals surface area (Å²) in [6.07, 6.45) is 0. The molecule has 0 saturated heterocycles. The highest BCUT2D eigenvalue weighted by Crippen LogP contribution is 2.15. The molecule has 0 bridgehead atoms. The van der Waals surface area contributed by atoms with Crippen LogP contribution in [0.4, 0.5) is 5.69 Å². The molecule has 0 aliphatic carbocycles. The monoisotopic (exact) mass is 203 g/mol. The summed E-state index contributed by atoms with van der Waals surface area (Å²) in [6.45, 7) is 0. The summed E-state index contributed by atoms with van der Waals surface area (Å²) >= 11 is 0. The first-order valence-electron chi connectivity index (χ1n) is 4.32. The minimum Gasteiger partial charge on any atom is -0.464 e. The van der Waals surface area contributed by atoms with E-state index in [1.807, 2.05) is 0 Å². The Morgan fingerprint density at radius 1 is 1.33 bits per heavy atom. The predicted molar refractivity (Wildman–Crippen MR) is 55.3 cm³/mol. The number of rotatable bonds is 1. The number of nitrogens with two attached hydrogens (primary N) is 1. The molecule has 0 saturated carbocycles. The van der Waals surface area contributed by atoms with Crippen LogP contribution in [0.1, 0.15) is 10.5 Å². The van der Waals surface area contributed by atoms with Crippen LogP contribution in [0, 0.1) is 0 Å². The van der Waals surface area contributed by atoms with Gasteiger partial charge in [0.25, 0.3) is 0 Å². The van der Waals surface area contributed by atoms with Gasteiger partial charge in [-0.05, 0) is 24.3 Å². The molecule has 1 aromatic heterocycles. The van der Waals surface area contributed by atoms with Crippen LogP contribution in [0.3, 0.4) is 0 Å². The minimum atomic E-state index is -0.508. The standard InChI is InChI=1S/C10H9N3O2/c1-15-10(14)9-5-6-4-7(11)2-3-8(6)12-13-9/h2-5H,11H2,1H3. The second-order valence-corrected chi connectivity index (χ2v) is 3.04. The van der Waals surface area contributed by atoms with Crippen molar-refractivity contribution in [3.63, 3.8) is 0 Å². The summed E-state index contributed by atoms with van der Waals surface area (Å²) in [4.78, 5) is 11.2. The smallest absolute Gasteiger partial charge is 0.358 e. The van der Waals surface area contributed by atoms with Gasteiger partial charge in [-0.1, -0.05) is 0 Å². The van der Waals surface area contributed by atoms with Gasteiger partial charge in [0.1, 0.15) is 0 Å². The quantitative estimate of drug-likeness (QED) is 0.552. The summed E-state index contributed by atoms with van der Waals surface area (Å²) in [5.74, 6) is -0.508. The summed E-state index contributed by atoms with van der Waals surface area (Å²) < 4.78 is 4.54. The van der Waals surface area contributed by atoms with Crippen molar-refractivity contribution in [2.24, 2.45) is 0 Å². The van der Waals surface area contributed by atoms with Gasteiger partial charge in [0.15, 0.2) is 5.69 Å². The molecule has 0 amide bonds. The van der Waals surface area contributed by atoms with Gasteiger partial charge in [-0.25, -0.2) is 4.79 Å². The Balaban J connectivity index is 2.59. The molecule has 2 aromatic rings. The highest BCUT2D eigenvalue weighted by molar-refractivity contribution is 5.92. The first-order valence-corrected chi connectivity index (χ1v) is 4.32. The lowest BCUT2D eigenvalue weighted by molar-refractivity contribution is 0.0593. The van der Waals surface area contributed by atoms with E-state index in [2.05, 4.69) is 14.9 Å². The summed E-state index contributed by atoms with van der Waals surface area (Å²) in [7, 11) is 1.30. The van der Waals surface area contributed by atoms with E-state index in [-0.39, 0.29) is 5.69 Å². The van der Waals surface area contributed by atoms with Crippen LogP contribution in [0.15, 0.2) is 24.3 Å². The second-order valence-electron chi connectivity index (χ2n) is 3.04. The molecule has 15 heavy (non-hydrogen) atoms. The zero-order valence-electron chi connectivity index (χ0n) is 8.10. The number of esters is 1. The molecule has 0 aliphatic heterocycles. The molecule has 0 fully saturated rings. The number of carbonyl (C=O) groups excluding carboxylic acids is 1. The molecular weight excluding hydrogens is 194 g/mol. The van der Waals surface area contributed by atoms with Crippen LogP contribution < -0.4 is 5.73 Å². The number of hydrogen-bond donors (Lipinski definition) is 1. The summed E-state index contributed by atoms with van der Waals surface area (Å²) in [5.41, 5.74) is 7.10. The van der Waals surface area contributed by atoms with E-state index in [1.54, 1.807) is 24.3 Å². The Kier molecular flexibility index (Phi) is 2.21. The number of ether oxygens (including phenoxy) is 1. The molecule has 2 rings (SSSR count). The largest absolute Gasteiger partial charge is 0.464 e. The number of benzene rings is 1. The fraction of sp³-hybridized carbons (Fsp3) is 0.100. The second kappa shape index (κ2) is 3.53. The summed E-state index contributed by atoms with van der Waals surface area (Å²) in [6, 6.07) is 6.81. The predicted octanol–water partition coefficient (Wildman–Crippen LogP) is 0.999. The van der Waals surface area contributed by atoms with Crippen molar-refractivity contribution in [1.82, 2.24) is 10.2 Å². The highest BCUT2D eigenvalue weighted by Gasteiger charge is 2.08. The zero-order valence-corrected chi connectivity index (χ0v) is 8.10. The van der Waals surface area contributed by atoms with E-state index < -0.39 is 5.97 Å². The van der Waals surface area contributed by atoms with E-state index in [4.69, 9.17) is 5.73 Å². The molecule has 1 aromatic carbocycles. The lowest BCUT2D eigenvalue weighted by Gasteiger charge is -2.00. The van der Waals surface area contributed by atoms with Crippen molar-refractivity contribution < 1.29 is 9.53 Å². The van der Waals surface area contributed by atoms with Crippen molar-refractivity contribution in [2.75, 3.05) is 12.8 Å². The average Bonchev–Trinajstić information content (AvgIpc) is 2.27. The van der Waals surface area contributed by atoms with Crippen LogP contribution in [0.2, 0.25) is 0 Å². The fourth-order valence-corrected chi connectivity index (χ4v) is 1.27. The van der Waals surface area contributed by atoms with Gasteiger partial charge in [0.2, 0.25) is 0 Å². The highest BCUT2D eigenvalue weighted by atomic mass is 16.5. The third kappa shape index (κ3) is 1.71. The SMILES string of the molecule is COC(=O)c1cc2cc(N)ccc2nn1. The number of aromatic nitrogens is 2. The Hall–Kier alpha value is -2.17. The third-order valence-corrected chi connectivity index (χ3v) is 2.00.